The van der Waals surface area contributed by atoms with Crippen molar-refractivity contribution in [3.8, 4) is 0 Å². The van der Waals surface area contributed by atoms with Crippen LogP contribution in [0.1, 0.15) is 83.6 Å². The van der Waals surface area contributed by atoms with Gasteiger partial charge in [0.15, 0.2) is 0 Å². The highest BCUT2D eigenvalue weighted by atomic mass is 16.4. The number of carboxylic acid groups (broad SMARTS) is 1. The Labute approximate surface area is 210 Å². The molecule has 0 spiro atoms. The maximum Gasteiger partial charge on any atom is 0.323 e. The van der Waals surface area contributed by atoms with Crippen molar-refractivity contribution in [2.45, 2.75) is 83.6 Å². The molecule has 5 heteroatoms. The number of carboxylic acids is 1. The second kappa shape index (κ2) is 9.15. The molecule has 2 fully saturated rings. The molecule has 7 atom stereocenters. The molecule has 1 aromatic heterocycles. The van der Waals surface area contributed by atoms with Crippen LogP contribution in [-0.4, -0.2) is 28.1 Å². The third kappa shape index (κ3) is 3.90. The Hall–Kier alpha value is -1.98. The third-order valence-corrected chi connectivity index (χ3v) is 10.8. The van der Waals surface area contributed by atoms with E-state index in [0.29, 0.717) is 30.7 Å². The fourth-order valence-electron chi connectivity index (χ4n) is 8.69. The summed E-state index contributed by atoms with van der Waals surface area (Å²) in [6.45, 7) is 5.56. The quantitative estimate of drug-likeness (QED) is 0.352. The van der Waals surface area contributed by atoms with Crippen LogP contribution in [0.5, 0.6) is 0 Å². The molecule has 4 aliphatic rings. The van der Waals surface area contributed by atoms with Crippen molar-refractivity contribution in [1.82, 2.24) is 4.98 Å². The molecule has 35 heavy (non-hydrogen) atoms. The van der Waals surface area contributed by atoms with Crippen molar-refractivity contribution in [2.24, 2.45) is 46.0 Å². The Morgan fingerprint density at radius 2 is 1.94 bits per heavy atom. The lowest BCUT2D eigenvalue weighted by atomic mass is 9.46. The van der Waals surface area contributed by atoms with E-state index in [0.717, 1.165) is 44.9 Å². The zero-order chi connectivity index (χ0) is 24.8. The summed E-state index contributed by atoms with van der Waals surface area (Å²) in [7, 11) is 0. The van der Waals surface area contributed by atoms with E-state index in [1.54, 1.807) is 0 Å². The van der Waals surface area contributed by atoms with Crippen molar-refractivity contribution in [3.63, 3.8) is 0 Å². The number of carbonyl (C=O) groups is 1. The van der Waals surface area contributed by atoms with Gasteiger partial charge in [-0.3, -0.25) is 9.78 Å². The average Bonchev–Trinajstić information content (AvgIpc) is 3.21. The second-order valence-electron chi connectivity index (χ2n) is 12.3. The van der Waals surface area contributed by atoms with Crippen LogP contribution in [-0.2, 0) is 4.79 Å². The van der Waals surface area contributed by atoms with Crippen LogP contribution in [0, 0.1) is 34.5 Å². The van der Waals surface area contributed by atoms with Gasteiger partial charge in [-0.2, -0.15) is 0 Å². The highest BCUT2D eigenvalue weighted by Gasteiger charge is 2.58. The molecule has 1 aromatic rings. The minimum absolute atomic E-state index is 0.00726. The van der Waals surface area contributed by atoms with Gasteiger partial charge in [0.05, 0.1) is 0 Å². The van der Waals surface area contributed by atoms with E-state index in [4.69, 9.17) is 11.5 Å². The summed E-state index contributed by atoms with van der Waals surface area (Å²) >= 11 is 0. The van der Waals surface area contributed by atoms with Crippen molar-refractivity contribution in [3.05, 3.63) is 47.8 Å². The number of allylic oxidation sites excluding steroid dienone is 4. The average molecular weight is 478 g/mol. The van der Waals surface area contributed by atoms with Crippen LogP contribution >= 0.6 is 0 Å². The van der Waals surface area contributed by atoms with Crippen LogP contribution in [0.3, 0.4) is 0 Å². The molecule has 0 aromatic carbocycles. The summed E-state index contributed by atoms with van der Waals surface area (Å²) < 4.78 is 0. The standard InChI is InChI=1S/C30H43N3O2/c1-28-14-11-22(30(32,27(34)35)13-3-4-16-31)18-21(28)7-8-23-25-10-9-24(20-6-5-17-33-19-20)29(25,2)15-12-26(23)28/h5-7,9,17,19,22-23,25-26H,3-4,8,10-16,18,31-32H2,1-2H3,(H,34,35)/t22-,23-,25-,26-,28-,29+,30?/m0/s1. The fourth-order valence-corrected chi connectivity index (χ4v) is 8.69. The molecule has 190 valence electrons. The first-order chi connectivity index (χ1) is 16.7. The summed E-state index contributed by atoms with van der Waals surface area (Å²) in [6.07, 6.45) is 18.6. The maximum atomic E-state index is 12.3. The first kappa shape index (κ1) is 24.7. The van der Waals surface area contributed by atoms with E-state index >= 15 is 0 Å². The van der Waals surface area contributed by atoms with E-state index in [1.165, 1.54) is 29.6 Å². The lowest BCUT2D eigenvalue weighted by molar-refractivity contribution is -0.147. The molecule has 1 heterocycles. The van der Waals surface area contributed by atoms with E-state index in [9.17, 15) is 9.90 Å². The van der Waals surface area contributed by atoms with Crippen LogP contribution in [0.25, 0.3) is 5.57 Å². The second-order valence-corrected chi connectivity index (χ2v) is 12.3. The number of aromatic nitrogens is 1. The Morgan fingerprint density at radius 1 is 1.14 bits per heavy atom. The lowest BCUT2D eigenvalue weighted by Crippen LogP contribution is -2.57. The van der Waals surface area contributed by atoms with Gasteiger partial charge < -0.3 is 16.6 Å². The number of aliphatic carboxylic acids is 1. The fraction of sp³-hybridized carbons (Fsp3) is 0.667. The summed E-state index contributed by atoms with van der Waals surface area (Å²) in [6, 6.07) is 4.27. The van der Waals surface area contributed by atoms with Crippen LogP contribution in [0.4, 0.5) is 0 Å². The Balaban J connectivity index is 1.37. The summed E-state index contributed by atoms with van der Waals surface area (Å²) in [5.41, 5.74) is 15.8. The maximum absolute atomic E-state index is 12.3. The van der Waals surface area contributed by atoms with Crippen LogP contribution < -0.4 is 11.5 Å². The predicted octanol–water partition coefficient (Wildman–Crippen LogP) is 5.57. The molecule has 4 aliphatic carbocycles. The summed E-state index contributed by atoms with van der Waals surface area (Å²) in [4.78, 5) is 16.7. The van der Waals surface area contributed by atoms with E-state index in [2.05, 4.69) is 43.1 Å². The van der Waals surface area contributed by atoms with E-state index in [-0.39, 0.29) is 16.7 Å². The first-order valence-corrected chi connectivity index (χ1v) is 13.8. The van der Waals surface area contributed by atoms with Crippen LogP contribution in [0.2, 0.25) is 0 Å². The highest BCUT2D eigenvalue weighted by molar-refractivity contribution is 5.79. The molecule has 2 saturated carbocycles. The summed E-state index contributed by atoms with van der Waals surface area (Å²) in [5.74, 6) is 1.21. The largest absolute Gasteiger partial charge is 0.480 e. The third-order valence-electron chi connectivity index (χ3n) is 10.8. The van der Waals surface area contributed by atoms with Gasteiger partial charge in [0.25, 0.3) is 0 Å². The number of pyridine rings is 1. The van der Waals surface area contributed by atoms with Gasteiger partial charge in [0.2, 0.25) is 0 Å². The highest BCUT2D eigenvalue weighted by Crippen LogP contribution is 2.66. The molecule has 0 aliphatic heterocycles. The number of hydrogen-bond donors (Lipinski definition) is 3. The molecule has 0 amide bonds. The number of nitrogens with zero attached hydrogens (tertiary/aromatic N) is 1. The van der Waals surface area contributed by atoms with Gasteiger partial charge in [0.1, 0.15) is 5.54 Å². The van der Waals surface area contributed by atoms with Gasteiger partial charge in [-0.15, -0.1) is 0 Å². The monoisotopic (exact) mass is 477 g/mol. The topological polar surface area (TPSA) is 102 Å². The molecule has 1 unspecified atom stereocenters. The Kier molecular flexibility index (Phi) is 6.46. The number of fused-ring (bicyclic) bond motifs is 5. The molecule has 5 rings (SSSR count). The Bertz CT molecular complexity index is 1020. The zero-order valence-electron chi connectivity index (χ0n) is 21.5. The van der Waals surface area contributed by atoms with E-state index < -0.39 is 11.5 Å². The van der Waals surface area contributed by atoms with Crippen molar-refractivity contribution in [2.75, 3.05) is 6.54 Å². The van der Waals surface area contributed by atoms with Gasteiger partial charge >= 0.3 is 5.97 Å². The molecule has 5 N–H and O–H groups in total. The summed E-state index contributed by atoms with van der Waals surface area (Å²) in [5, 5.41) is 10.1. The van der Waals surface area contributed by atoms with Crippen molar-refractivity contribution >= 4 is 11.5 Å². The van der Waals surface area contributed by atoms with Gasteiger partial charge in [-0.25, -0.2) is 0 Å². The molecule has 0 bridgehead atoms. The zero-order valence-corrected chi connectivity index (χ0v) is 21.5. The molecule has 5 nitrogen and oxygen atoms in total. The molecular weight excluding hydrogens is 434 g/mol. The number of hydrogen-bond acceptors (Lipinski definition) is 4. The van der Waals surface area contributed by atoms with Crippen molar-refractivity contribution in [1.29, 1.82) is 0 Å². The first-order valence-electron chi connectivity index (χ1n) is 13.8. The number of nitrogens with two attached hydrogens (primary N) is 2. The van der Waals surface area contributed by atoms with Crippen LogP contribution in [0.15, 0.2) is 42.3 Å². The van der Waals surface area contributed by atoms with Gasteiger partial charge in [0, 0.05) is 12.4 Å². The number of rotatable bonds is 7. The molecule has 0 radical (unpaired) electrons. The number of unbranched alkanes of at least 4 members (excludes halogenated alkanes) is 1. The minimum atomic E-state index is -1.15. The predicted molar refractivity (Wildman–Crippen MR) is 140 cm³/mol. The Morgan fingerprint density at radius 3 is 2.66 bits per heavy atom. The SMILES string of the molecule is C[C@]12CC[C@H](C(N)(CCCCN)C(=O)O)CC1=CC[C@@H]1[C@@H]2CC[C@]2(C)C(c3cccnc3)=CC[C@@H]12. The van der Waals surface area contributed by atoms with Gasteiger partial charge in [-0.05, 0) is 122 Å². The smallest absolute Gasteiger partial charge is 0.323 e. The van der Waals surface area contributed by atoms with Crippen molar-refractivity contribution < 1.29 is 9.90 Å². The van der Waals surface area contributed by atoms with E-state index in [1.807, 2.05) is 12.4 Å². The molecule has 0 saturated heterocycles. The lowest BCUT2D eigenvalue weighted by Gasteiger charge is -2.58. The molecular formula is C30H43N3O2. The van der Waals surface area contributed by atoms with Gasteiger partial charge in [-0.1, -0.05) is 37.6 Å². The normalized spacial score (nSPS) is 37.8. The minimum Gasteiger partial charge on any atom is -0.480 e.